The van der Waals surface area contributed by atoms with Crippen molar-refractivity contribution in [2.45, 2.75) is 0 Å². The standard InChI is InChI=1S/C7H9O4P/c1-11-6-4-2-3-5-7(6)12(8,9)10/h2-5H,1H3,(H2,8,9,10). The first kappa shape index (κ1) is 9.26. The highest BCUT2D eigenvalue weighted by molar-refractivity contribution is 7.60. The lowest BCUT2D eigenvalue weighted by molar-refractivity contribution is 0.380. The fourth-order valence-corrected chi connectivity index (χ4v) is 1.60. The number of methoxy groups -OCH3 is 1. The van der Waals surface area contributed by atoms with Crippen molar-refractivity contribution in [2.24, 2.45) is 0 Å². The van der Waals surface area contributed by atoms with Crippen LogP contribution in [-0.4, -0.2) is 16.9 Å². The molecule has 0 spiro atoms. The smallest absolute Gasteiger partial charge is 0.359 e. The first-order valence-corrected chi connectivity index (χ1v) is 4.86. The average Bonchev–Trinajstić information content (AvgIpc) is 2.03. The Hall–Kier alpha value is -0.830. The van der Waals surface area contributed by atoms with Crippen LogP contribution in [0.3, 0.4) is 0 Å². The van der Waals surface area contributed by atoms with Crippen LogP contribution in [0.15, 0.2) is 24.3 Å². The van der Waals surface area contributed by atoms with E-state index in [2.05, 4.69) is 0 Å². The molecule has 0 bridgehead atoms. The maximum Gasteiger partial charge on any atom is 0.359 e. The Labute approximate surface area is 70.0 Å². The molecule has 1 rings (SSSR count). The minimum atomic E-state index is -4.20. The molecular formula is C7H9O4P. The van der Waals surface area contributed by atoms with Gasteiger partial charge in [-0.2, -0.15) is 0 Å². The van der Waals surface area contributed by atoms with Gasteiger partial charge in [-0.3, -0.25) is 4.57 Å². The molecular weight excluding hydrogens is 179 g/mol. The number of ether oxygens (including phenoxy) is 1. The Morgan fingerprint density at radius 3 is 2.33 bits per heavy atom. The summed E-state index contributed by atoms with van der Waals surface area (Å²) in [5.41, 5.74) is 0. The summed E-state index contributed by atoms with van der Waals surface area (Å²) in [6, 6.07) is 6.06. The molecule has 0 aromatic heterocycles. The van der Waals surface area contributed by atoms with E-state index in [1.54, 1.807) is 12.1 Å². The summed E-state index contributed by atoms with van der Waals surface area (Å²) in [5.74, 6) is 0.214. The molecule has 1 aromatic carbocycles. The SMILES string of the molecule is COc1ccccc1P(=O)(O)O. The predicted molar refractivity (Wildman–Crippen MR) is 44.7 cm³/mol. The van der Waals surface area contributed by atoms with Gasteiger partial charge in [0.15, 0.2) is 0 Å². The lowest BCUT2D eigenvalue weighted by Gasteiger charge is -2.08. The van der Waals surface area contributed by atoms with Crippen LogP contribution in [0.2, 0.25) is 0 Å². The minimum absolute atomic E-state index is 0.0764. The molecule has 4 nitrogen and oxygen atoms in total. The van der Waals surface area contributed by atoms with Gasteiger partial charge in [0.25, 0.3) is 0 Å². The molecule has 12 heavy (non-hydrogen) atoms. The molecule has 0 saturated carbocycles. The van der Waals surface area contributed by atoms with Crippen molar-refractivity contribution in [3.63, 3.8) is 0 Å². The van der Waals surface area contributed by atoms with Gasteiger partial charge in [-0.25, -0.2) is 0 Å². The zero-order valence-corrected chi connectivity index (χ0v) is 7.36. The van der Waals surface area contributed by atoms with Crippen LogP contribution in [0, 0.1) is 0 Å². The fraction of sp³-hybridized carbons (Fsp3) is 0.143. The van der Waals surface area contributed by atoms with Crippen LogP contribution in [0.25, 0.3) is 0 Å². The molecule has 0 aliphatic heterocycles. The van der Waals surface area contributed by atoms with Crippen LogP contribution in [0.5, 0.6) is 5.75 Å². The highest BCUT2D eigenvalue weighted by atomic mass is 31.2. The van der Waals surface area contributed by atoms with E-state index in [0.29, 0.717) is 0 Å². The van der Waals surface area contributed by atoms with Crippen molar-refractivity contribution >= 4 is 12.9 Å². The van der Waals surface area contributed by atoms with E-state index >= 15 is 0 Å². The van der Waals surface area contributed by atoms with Gasteiger partial charge in [0.2, 0.25) is 0 Å². The molecule has 0 atom stereocenters. The van der Waals surface area contributed by atoms with Gasteiger partial charge in [0.05, 0.1) is 7.11 Å². The topological polar surface area (TPSA) is 66.8 Å². The summed E-state index contributed by atoms with van der Waals surface area (Å²) < 4.78 is 15.6. The number of hydrogen-bond acceptors (Lipinski definition) is 2. The van der Waals surface area contributed by atoms with Crippen molar-refractivity contribution < 1.29 is 19.1 Å². The second-order valence-electron chi connectivity index (χ2n) is 2.22. The molecule has 0 aliphatic carbocycles. The van der Waals surface area contributed by atoms with Gasteiger partial charge in [-0.1, -0.05) is 12.1 Å². The maximum atomic E-state index is 10.8. The van der Waals surface area contributed by atoms with Gasteiger partial charge in [0.1, 0.15) is 11.1 Å². The highest BCUT2D eigenvalue weighted by Gasteiger charge is 2.21. The van der Waals surface area contributed by atoms with Crippen molar-refractivity contribution in [2.75, 3.05) is 7.11 Å². The molecule has 0 aliphatic rings. The van der Waals surface area contributed by atoms with Crippen LogP contribution < -0.4 is 10.0 Å². The Bertz CT molecular complexity index is 317. The quantitative estimate of drug-likeness (QED) is 0.663. The van der Waals surface area contributed by atoms with E-state index in [1.165, 1.54) is 19.2 Å². The third-order valence-electron chi connectivity index (χ3n) is 1.40. The summed E-state index contributed by atoms with van der Waals surface area (Å²) in [4.78, 5) is 17.7. The second-order valence-corrected chi connectivity index (χ2v) is 3.79. The summed E-state index contributed by atoms with van der Waals surface area (Å²) in [6.45, 7) is 0. The average molecular weight is 188 g/mol. The van der Waals surface area contributed by atoms with Crippen LogP contribution in [0.4, 0.5) is 0 Å². The molecule has 66 valence electrons. The second kappa shape index (κ2) is 3.27. The monoisotopic (exact) mass is 188 g/mol. The first-order chi connectivity index (χ1) is 5.55. The summed E-state index contributed by atoms with van der Waals surface area (Å²) in [6.07, 6.45) is 0. The molecule has 0 heterocycles. The third kappa shape index (κ3) is 1.85. The van der Waals surface area contributed by atoms with Crippen molar-refractivity contribution in [3.8, 4) is 5.75 Å². The molecule has 0 unspecified atom stereocenters. The summed E-state index contributed by atoms with van der Waals surface area (Å²) >= 11 is 0. The predicted octanol–water partition coefficient (Wildman–Crippen LogP) is 0.498. The Morgan fingerprint density at radius 2 is 1.92 bits per heavy atom. The zero-order chi connectivity index (χ0) is 9.19. The van der Waals surface area contributed by atoms with Gasteiger partial charge < -0.3 is 14.5 Å². The Balaban J connectivity index is 3.23. The van der Waals surface area contributed by atoms with E-state index in [-0.39, 0.29) is 11.1 Å². The number of para-hydroxylation sites is 1. The lowest BCUT2D eigenvalue weighted by Crippen LogP contribution is -2.07. The number of hydrogen-bond donors (Lipinski definition) is 2. The molecule has 0 radical (unpaired) electrons. The van der Waals surface area contributed by atoms with Crippen molar-refractivity contribution in [3.05, 3.63) is 24.3 Å². The molecule has 2 N–H and O–H groups in total. The van der Waals surface area contributed by atoms with Crippen LogP contribution in [0.1, 0.15) is 0 Å². The van der Waals surface area contributed by atoms with Crippen LogP contribution in [-0.2, 0) is 4.57 Å². The lowest BCUT2D eigenvalue weighted by atomic mass is 10.3. The molecule has 0 saturated heterocycles. The van der Waals surface area contributed by atoms with E-state index in [4.69, 9.17) is 14.5 Å². The van der Waals surface area contributed by atoms with E-state index in [9.17, 15) is 4.57 Å². The fourth-order valence-electron chi connectivity index (χ4n) is 0.870. The van der Waals surface area contributed by atoms with E-state index in [1.807, 2.05) is 0 Å². The summed E-state index contributed by atoms with van der Waals surface area (Å²) in [7, 11) is -2.83. The number of rotatable bonds is 2. The molecule has 1 aromatic rings. The minimum Gasteiger partial charge on any atom is -0.496 e. The van der Waals surface area contributed by atoms with Gasteiger partial charge in [-0.15, -0.1) is 0 Å². The largest absolute Gasteiger partial charge is 0.496 e. The molecule has 0 fully saturated rings. The normalized spacial score (nSPS) is 11.2. The zero-order valence-electron chi connectivity index (χ0n) is 6.47. The van der Waals surface area contributed by atoms with Crippen LogP contribution >= 0.6 is 7.60 Å². The van der Waals surface area contributed by atoms with E-state index < -0.39 is 7.60 Å². The van der Waals surface area contributed by atoms with Gasteiger partial charge in [-0.05, 0) is 12.1 Å². The third-order valence-corrected chi connectivity index (χ3v) is 2.40. The first-order valence-electron chi connectivity index (χ1n) is 3.25. The number of benzene rings is 1. The molecule has 5 heteroatoms. The van der Waals surface area contributed by atoms with Gasteiger partial charge >= 0.3 is 7.60 Å². The van der Waals surface area contributed by atoms with E-state index in [0.717, 1.165) is 0 Å². The van der Waals surface area contributed by atoms with Crippen molar-refractivity contribution in [1.29, 1.82) is 0 Å². The summed E-state index contributed by atoms with van der Waals surface area (Å²) in [5, 5.41) is -0.0764. The Morgan fingerprint density at radius 1 is 1.33 bits per heavy atom. The Kier molecular flexibility index (Phi) is 2.52. The highest BCUT2D eigenvalue weighted by Crippen LogP contribution is 2.36. The molecule has 0 amide bonds. The van der Waals surface area contributed by atoms with Gasteiger partial charge in [0, 0.05) is 0 Å². The van der Waals surface area contributed by atoms with Crippen molar-refractivity contribution in [1.82, 2.24) is 0 Å². The maximum absolute atomic E-state index is 10.8.